The highest BCUT2D eigenvalue weighted by atomic mass is 16.2. The Balaban J connectivity index is 1.58. The fourth-order valence-electron chi connectivity index (χ4n) is 5.58. The molecule has 0 bridgehead atoms. The van der Waals surface area contributed by atoms with Crippen molar-refractivity contribution in [1.29, 1.82) is 0 Å². The quantitative estimate of drug-likeness (QED) is 0.723. The second-order valence-corrected chi connectivity index (χ2v) is 8.86. The number of hydrogen-bond donors (Lipinski definition) is 1. The number of carbonyl (C=O) groups is 3. The lowest BCUT2D eigenvalue weighted by molar-refractivity contribution is -0.917. The number of hydrogen-bond acceptors (Lipinski definition) is 4. The first-order valence-electron chi connectivity index (χ1n) is 10.8. The number of nitrogens with one attached hydrogen (secondary N) is 1. The Hall–Kier alpha value is -3.19. The van der Waals surface area contributed by atoms with E-state index in [9.17, 15) is 14.4 Å². The highest BCUT2D eigenvalue weighted by Crippen LogP contribution is 2.45. The number of nitrogens with zero attached hydrogens (tertiary/aromatic N) is 3. The third-order valence-corrected chi connectivity index (χ3v) is 7.15. The van der Waals surface area contributed by atoms with Gasteiger partial charge in [0.05, 0.1) is 19.6 Å². The topological polar surface area (TPSA) is 65.4 Å². The average molecular weight is 420 g/mol. The van der Waals surface area contributed by atoms with Crippen LogP contribution in [0, 0.1) is 5.41 Å². The molecule has 5 rings (SSSR count). The lowest BCUT2D eigenvalue weighted by atomic mass is 9.67. The summed E-state index contributed by atoms with van der Waals surface area (Å²) in [7, 11) is 2.97. The summed E-state index contributed by atoms with van der Waals surface area (Å²) in [4.78, 5) is 45.5. The molecule has 2 saturated heterocycles. The van der Waals surface area contributed by atoms with Gasteiger partial charge in [0, 0.05) is 31.8 Å². The minimum atomic E-state index is -1.28. The molecule has 3 aliphatic heterocycles. The normalized spacial score (nSPS) is 25.0. The van der Waals surface area contributed by atoms with E-state index in [1.54, 1.807) is 0 Å². The van der Waals surface area contributed by atoms with Crippen LogP contribution in [0.25, 0.3) is 0 Å². The maximum absolute atomic E-state index is 13.6. The largest absolute Gasteiger partial charge is 0.355 e. The van der Waals surface area contributed by atoms with Gasteiger partial charge in [0.1, 0.15) is 12.6 Å². The number of barbiturate groups is 1. The third kappa shape index (κ3) is 2.87. The molecule has 0 radical (unpaired) electrons. The Labute approximate surface area is 181 Å². The van der Waals surface area contributed by atoms with Crippen molar-refractivity contribution >= 4 is 23.5 Å². The van der Waals surface area contributed by atoms with E-state index in [2.05, 4.69) is 23.1 Å². The lowest BCUT2D eigenvalue weighted by Crippen LogP contribution is -3.15. The van der Waals surface area contributed by atoms with E-state index in [4.69, 9.17) is 0 Å². The Kier molecular flexibility index (Phi) is 4.59. The standard InChI is InChI=1S/C24H26N4O3/c1-25-21(29)24(22(30)26(2)23(25)31)14-18-10-6-7-11-19(18)28-13-12-27(16-20(24)28)15-17-8-4-3-5-9-17/h3-11,20H,12-16H2,1-2H3/p+1/t20-/m0/s1. The molecule has 4 amide bonds. The van der Waals surface area contributed by atoms with E-state index in [0.29, 0.717) is 13.0 Å². The number of rotatable bonds is 2. The van der Waals surface area contributed by atoms with Gasteiger partial charge in [-0.05, 0) is 11.6 Å². The van der Waals surface area contributed by atoms with Crippen LogP contribution in [0.2, 0.25) is 0 Å². The molecule has 2 fully saturated rings. The average Bonchev–Trinajstić information content (AvgIpc) is 2.81. The van der Waals surface area contributed by atoms with Crippen LogP contribution in [0.15, 0.2) is 54.6 Å². The van der Waals surface area contributed by atoms with Crippen molar-refractivity contribution in [2.45, 2.75) is 19.0 Å². The summed E-state index contributed by atoms with van der Waals surface area (Å²) in [6, 6.07) is 17.5. The van der Waals surface area contributed by atoms with Crippen molar-refractivity contribution in [3.05, 3.63) is 65.7 Å². The number of urea groups is 1. The number of quaternary nitrogens is 1. The summed E-state index contributed by atoms with van der Waals surface area (Å²) in [6.07, 6.45) is 0.322. The number of carbonyl (C=O) groups excluding carboxylic acids is 3. The van der Waals surface area contributed by atoms with Crippen LogP contribution in [0.1, 0.15) is 11.1 Å². The lowest BCUT2D eigenvalue weighted by Gasteiger charge is -2.54. The van der Waals surface area contributed by atoms with Gasteiger partial charge in [0.25, 0.3) is 0 Å². The summed E-state index contributed by atoms with van der Waals surface area (Å²) in [5, 5.41) is 0. The van der Waals surface area contributed by atoms with E-state index in [0.717, 1.165) is 40.7 Å². The van der Waals surface area contributed by atoms with Crippen LogP contribution in [-0.2, 0) is 22.6 Å². The minimum Gasteiger partial charge on any atom is -0.355 e. The predicted octanol–water partition coefficient (Wildman–Crippen LogP) is 0.553. The molecule has 160 valence electrons. The zero-order valence-electron chi connectivity index (χ0n) is 17.9. The second-order valence-electron chi connectivity index (χ2n) is 8.86. The molecule has 0 aromatic heterocycles. The van der Waals surface area contributed by atoms with Crippen LogP contribution in [0.3, 0.4) is 0 Å². The zero-order valence-corrected chi connectivity index (χ0v) is 17.9. The van der Waals surface area contributed by atoms with Gasteiger partial charge in [-0.1, -0.05) is 48.5 Å². The molecular weight excluding hydrogens is 392 g/mol. The Morgan fingerprint density at radius 1 is 0.935 bits per heavy atom. The first kappa shape index (κ1) is 19.8. The predicted molar refractivity (Wildman–Crippen MR) is 115 cm³/mol. The van der Waals surface area contributed by atoms with Crippen molar-refractivity contribution in [1.82, 2.24) is 9.80 Å². The molecule has 2 atom stereocenters. The number of imide groups is 2. The van der Waals surface area contributed by atoms with Crippen molar-refractivity contribution < 1.29 is 19.3 Å². The molecule has 1 unspecified atom stereocenters. The highest BCUT2D eigenvalue weighted by molar-refractivity contribution is 6.20. The van der Waals surface area contributed by atoms with Crippen LogP contribution in [-0.4, -0.2) is 67.4 Å². The van der Waals surface area contributed by atoms with Gasteiger partial charge in [0.15, 0.2) is 5.41 Å². The van der Waals surface area contributed by atoms with Gasteiger partial charge in [0.2, 0.25) is 11.8 Å². The number of benzene rings is 2. The van der Waals surface area contributed by atoms with E-state index < -0.39 is 11.4 Å². The van der Waals surface area contributed by atoms with Gasteiger partial charge >= 0.3 is 6.03 Å². The van der Waals surface area contributed by atoms with E-state index in [-0.39, 0.29) is 17.9 Å². The van der Waals surface area contributed by atoms with Gasteiger partial charge in [-0.25, -0.2) is 4.79 Å². The van der Waals surface area contributed by atoms with Gasteiger partial charge in [-0.3, -0.25) is 19.4 Å². The maximum atomic E-state index is 13.6. The Morgan fingerprint density at radius 2 is 1.58 bits per heavy atom. The summed E-state index contributed by atoms with van der Waals surface area (Å²) in [6.45, 7) is 3.18. The minimum absolute atomic E-state index is 0.298. The molecule has 1 spiro atoms. The molecule has 2 aromatic carbocycles. The van der Waals surface area contributed by atoms with E-state index in [1.807, 2.05) is 36.4 Å². The molecule has 7 nitrogen and oxygen atoms in total. The summed E-state index contributed by atoms with van der Waals surface area (Å²) < 4.78 is 0. The molecule has 31 heavy (non-hydrogen) atoms. The Morgan fingerprint density at radius 3 is 2.29 bits per heavy atom. The molecule has 7 heteroatoms. The Bertz CT molecular complexity index is 1030. The number of piperazine rings is 1. The van der Waals surface area contributed by atoms with Crippen LogP contribution in [0.5, 0.6) is 0 Å². The van der Waals surface area contributed by atoms with Crippen molar-refractivity contribution in [2.75, 3.05) is 38.6 Å². The van der Waals surface area contributed by atoms with Gasteiger partial charge in [-0.2, -0.15) is 0 Å². The van der Waals surface area contributed by atoms with Gasteiger partial charge < -0.3 is 9.80 Å². The molecule has 1 N–H and O–H groups in total. The summed E-state index contributed by atoms with van der Waals surface area (Å²) in [5.41, 5.74) is 2.04. The summed E-state index contributed by atoms with van der Waals surface area (Å²) in [5.74, 6) is -0.767. The number of anilines is 1. The fourth-order valence-corrected chi connectivity index (χ4v) is 5.58. The molecular formula is C24H27N4O3+. The number of fused-ring (bicyclic) bond motifs is 4. The summed E-state index contributed by atoms with van der Waals surface area (Å²) >= 11 is 0. The smallest absolute Gasteiger partial charge is 0.332 e. The maximum Gasteiger partial charge on any atom is 0.332 e. The zero-order chi connectivity index (χ0) is 21.8. The molecule has 0 saturated carbocycles. The van der Waals surface area contributed by atoms with Crippen molar-refractivity contribution in [3.8, 4) is 0 Å². The number of amides is 4. The van der Waals surface area contributed by atoms with Crippen molar-refractivity contribution in [2.24, 2.45) is 5.41 Å². The molecule has 0 aliphatic carbocycles. The molecule has 2 aromatic rings. The van der Waals surface area contributed by atoms with E-state index in [1.165, 1.54) is 24.6 Å². The SMILES string of the molecule is CN1C(=O)N(C)C(=O)C2(Cc3ccccc3N3CC[NH+](Cc4ccccc4)C[C@H]32)C1=O. The van der Waals surface area contributed by atoms with Gasteiger partial charge in [-0.15, -0.1) is 0 Å². The first-order chi connectivity index (χ1) is 14.9. The van der Waals surface area contributed by atoms with E-state index >= 15 is 0 Å². The molecule has 3 aliphatic rings. The van der Waals surface area contributed by atoms with Crippen LogP contribution >= 0.6 is 0 Å². The third-order valence-electron chi connectivity index (χ3n) is 7.15. The monoisotopic (exact) mass is 419 g/mol. The first-order valence-corrected chi connectivity index (χ1v) is 10.8. The van der Waals surface area contributed by atoms with Crippen LogP contribution < -0.4 is 9.80 Å². The van der Waals surface area contributed by atoms with Crippen molar-refractivity contribution in [3.63, 3.8) is 0 Å². The highest BCUT2D eigenvalue weighted by Gasteiger charge is 2.64. The molecule has 3 heterocycles. The van der Waals surface area contributed by atoms with Crippen LogP contribution in [0.4, 0.5) is 10.5 Å². The fraction of sp³-hybridized carbons (Fsp3) is 0.375. The second kappa shape index (κ2) is 7.20. The number of para-hydroxylation sites is 1.